The number of ether oxygens (including phenoxy) is 1. The first-order valence-corrected chi connectivity index (χ1v) is 7.07. The minimum Gasteiger partial charge on any atom is -0.371 e. The van der Waals surface area contributed by atoms with Crippen LogP contribution in [0.15, 0.2) is 39.9 Å². The molecule has 0 saturated carbocycles. The molecule has 114 valence electrons. The van der Waals surface area contributed by atoms with Gasteiger partial charge in [0.15, 0.2) is 5.82 Å². The summed E-state index contributed by atoms with van der Waals surface area (Å²) in [6.07, 6.45) is 1.24. The van der Waals surface area contributed by atoms with Gasteiger partial charge in [0.2, 0.25) is 5.89 Å². The highest BCUT2D eigenvalue weighted by Gasteiger charge is 2.14. The molecule has 3 rings (SSSR count). The van der Waals surface area contributed by atoms with Crippen LogP contribution >= 0.6 is 0 Å². The van der Waals surface area contributed by atoms with Crippen molar-refractivity contribution < 1.29 is 9.26 Å². The van der Waals surface area contributed by atoms with Gasteiger partial charge in [-0.25, -0.2) is 4.98 Å². The number of hydrogen-bond acceptors (Lipinski definition) is 6. The van der Waals surface area contributed by atoms with Crippen molar-refractivity contribution in [3.8, 4) is 0 Å². The Morgan fingerprint density at radius 2 is 2.18 bits per heavy atom. The van der Waals surface area contributed by atoms with E-state index in [4.69, 9.17) is 9.26 Å². The van der Waals surface area contributed by atoms with Crippen LogP contribution in [0.3, 0.4) is 0 Å². The van der Waals surface area contributed by atoms with Crippen LogP contribution in [0.4, 0.5) is 0 Å². The molecule has 0 aliphatic carbocycles. The van der Waals surface area contributed by atoms with Crippen molar-refractivity contribution in [3.05, 3.63) is 52.7 Å². The highest BCUT2D eigenvalue weighted by Crippen LogP contribution is 2.13. The van der Waals surface area contributed by atoms with Gasteiger partial charge in [0.1, 0.15) is 12.6 Å². The van der Waals surface area contributed by atoms with E-state index in [-0.39, 0.29) is 18.2 Å². The zero-order valence-electron chi connectivity index (χ0n) is 12.4. The molecule has 2 aromatic heterocycles. The lowest BCUT2D eigenvalue weighted by atomic mass is 10.2. The van der Waals surface area contributed by atoms with Crippen molar-refractivity contribution in [2.75, 3.05) is 6.61 Å². The predicted molar refractivity (Wildman–Crippen MR) is 79.4 cm³/mol. The summed E-state index contributed by atoms with van der Waals surface area (Å²) in [5.74, 6) is 0.819. The van der Waals surface area contributed by atoms with Gasteiger partial charge in [0, 0.05) is 6.61 Å². The van der Waals surface area contributed by atoms with Crippen molar-refractivity contribution in [3.63, 3.8) is 0 Å². The fourth-order valence-electron chi connectivity index (χ4n) is 2.19. The van der Waals surface area contributed by atoms with Crippen LogP contribution in [-0.2, 0) is 11.3 Å². The zero-order valence-corrected chi connectivity index (χ0v) is 12.4. The number of para-hydroxylation sites is 1. The van der Waals surface area contributed by atoms with E-state index >= 15 is 0 Å². The number of fused-ring (bicyclic) bond motifs is 1. The van der Waals surface area contributed by atoms with Gasteiger partial charge in [-0.1, -0.05) is 17.3 Å². The van der Waals surface area contributed by atoms with E-state index in [1.807, 2.05) is 26.0 Å². The Kier molecular flexibility index (Phi) is 3.97. The molecule has 0 amide bonds. The molecule has 0 fully saturated rings. The van der Waals surface area contributed by atoms with Crippen LogP contribution in [0.1, 0.15) is 31.7 Å². The van der Waals surface area contributed by atoms with Gasteiger partial charge in [-0.3, -0.25) is 9.36 Å². The van der Waals surface area contributed by atoms with E-state index in [0.717, 1.165) is 0 Å². The van der Waals surface area contributed by atoms with E-state index in [2.05, 4.69) is 15.1 Å². The SMILES string of the molecule is CCOC(C)c1noc(Cn2cnc3ccccc3c2=O)n1. The molecule has 0 saturated heterocycles. The molecule has 0 spiro atoms. The van der Waals surface area contributed by atoms with Crippen LogP contribution in [0, 0.1) is 0 Å². The maximum Gasteiger partial charge on any atom is 0.261 e. The molecule has 0 N–H and O–H groups in total. The first-order chi connectivity index (χ1) is 10.7. The molecule has 1 unspecified atom stereocenters. The van der Waals surface area contributed by atoms with Crippen LogP contribution in [0.25, 0.3) is 10.9 Å². The summed E-state index contributed by atoms with van der Waals surface area (Å²) in [4.78, 5) is 20.9. The molecule has 1 atom stereocenters. The number of aromatic nitrogens is 4. The van der Waals surface area contributed by atoms with E-state index < -0.39 is 0 Å². The molecule has 0 radical (unpaired) electrons. The van der Waals surface area contributed by atoms with Crippen molar-refractivity contribution in [1.29, 1.82) is 0 Å². The Bertz CT molecular complexity index is 840. The summed E-state index contributed by atoms with van der Waals surface area (Å²) in [6.45, 7) is 4.50. The monoisotopic (exact) mass is 300 g/mol. The van der Waals surface area contributed by atoms with Crippen LogP contribution in [-0.4, -0.2) is 26.3 Å². The minimum absolute atomic E-state index is 0.136. The van der Waals surface area contributed by atoms with Gasteiger partial charge in [-0.05, 0) is 26.0 Å². The number of rotatable bonds is 5. The fraction of sp³-hybridized carbons (Fsp3) is 0.333. The maximum absolute atomic E-state index is 12.4. The zero-order chi connectivity index (χ0) is 15.5. The smallest absolute Gasteiger partial charge is 0.261 e. The summed E-state index contributed by atoms with van der Waals surface area (Å²) < 4.78 is 12.0. The van der Waals surface area contributed by atoms with Crippen molar-refractivity contribution in [2.45, 2.75) is 26.5 Å². The second-order valence-electron chi connectivity index (χ2n) is 4.84. The van der Waals surface area contributed by atoms with Gasteiger partial charge >= 0.3 is 0 Å². The van der Waals surface area contributed by atoms with Gasteiger partial charge in [-0.2, -0.15) is 4.98 Å². The number of benzene rings is 1. The Morgan fingerprint density at radius 3 is 3.00 bits per heavy atom. The topological polar surface area (TPSA) is 83.0 Å². The molecule has 0 aliphatic heterocycles. The van der Waals surface area contributed by atoms with E-state index in [1.165, 1.54) is 10.9 Å². The van der Waals surface area contributed by atoms with Crippen molar-refractivity contribution >= 4 is 10.9 Å². The van der Waals surface area contributed by atoms with Gasteiger partial charge in [-0.15, -0.1) is 0 Å². The van der Waals surface area contributed by atoms with Gasteiger partial charge in [0.05, 0.1) is 17.2 Å². The van der Waals surface area contributed by atoms with Crippen LogP contribution < -0.4 is 5.56 Å². The molecular formula is C15H16N4O3. The van der Waals surface area contributed by atoms with E-state index in [9.17, 15) is 4.79 Å². The summed E-state index contributed by atoms with van der Waals surface area (Å²) in [5.41, 5.74) is 0.531. The Hall–Kier alpha value is -2.54. The highest BCUT2D eigenvalue weighted by molar-refractivity contribution is 5.76. The van der Waals surface area contributed by atoms with E-state index in [1.54, 1.807) is 12.1 Å². The van der Waals surface area contributed by atoms with Gasteiger partial charge in [0.25, 0.3) is 5.56 Å². The van der Waals surface area contributed by atoms with Gasteiger partial charge < -0.3 is 9.26 Å². The average molecular weight is 300 g/mol. The fourth-order valence-corrected chi connectivity index (χ4v) is 2.19. The number of nitrogens with zero attached hydrogens (tertiary/aromatic N) is 4. The summed E-state index contributed by atoms with van der Waals surface area (Å²) in [5, 5.41) is 4.44. The van der Waals surface area contributed by atoms with Crippen molar-refractivity contribution in [1.82, 2.24) is 19.7 Å². The summed E-state index contributed by atoms with van der Waals surface area (Å²) in [7, 11) is 0. The third-order valence-electron chi connectivity index (χ3n) is 3.30. The first-order valence-electron chi connectivity index (χ1n) is 7.07. The highest BCUT2D eigenvalue weighted by atomic mass is 16.5. The molecule has 0 bridgehead atoms. The Balaban J connectivity index is 1.87. The third kappa shape index (κ3) is 2.75. The van der Waals surface area contributed by atoms with Crippen LogP contribution in [0.2, 0.25) is 0 Å². The second-order valence-corrected chi connectivity index (χ2v) is 4.84. The minimum atomic E-state index is -0.242. The largest absolute Gasteiger partial charge is 0.371 e. The summed E-state index contributed by atoms with van der Waals surface area (Å²) >= 11 is 0. The summed E-state index contributed by atoms with van der Waals surface area (Å²) in [6, 6.07) is 7.20. The standard InChI is InChI=1S/C15H16N4O3/c1-3-21-10(2)14-17-13(22-18-14)8-19-9-16-12-7-5-4-6-11(12)15(19)20/h4-7,9-10H,3,8H2,1-2H3. The molecule has 2 heterocycles. The normalized spacial score (nSPS) is 12.6. The molecule has 3 aromatic rings. The van der Waals surface area contributed by atoms with Crippen LogP contribution in [0.5, 0.6) is 0 Å². The quantitative estimate of drug-likeness (QED) is 0.716. The molecular weight excluding hydrogens is 284 g/mol. The molecule has 7 heteroatoms. The Morgan fingerprint density at radius 1 is 1.36 bits per heavy atom. The lowest BCUT2D eigenvalue weighted by Crippen LogP contribution is -2.21. The predicted octanol–water partition coefficient (Wildman–Crippen LogP) is 1.93. The Labute approximate surface area is 126 Å². The molecule has 22 heavy (non-hydrogen) atoms. The lowest BCUT2D eigenvalue weighted by Gasteiger charge is -2.05. The van der Waals surface area contributed by atoms with Crippen molar-refractivity contribution in [2.24, 2.45) is 0 Å². The molecule has 7 nitrogen and oxygen atoms in total. The third-order valence-corrected chi connectivity index (χ3v) is 3.30. The van der Waals surface area contributed by atoms with E-state index in [0.29, 0.717) is 29.2 Å². The second kappa shape index (κ2) is 6.07. The molecule has 1 aromatic carbocycles. The lowest BCUT2D eigenvalue weighted by molar-refractivity contribution is 0.0683. The molecule has 0 aliphatic rings. The number of hydrogen-bond donors (Lipinski definition) is 0. The average Bonchev–Trinajstić information content (AvgIpc) is 2.99. The first kappa shape index (κ1) is 14.4. The maximum atomic E-state index is 12.4.